The van der Waals surface area contributed by atoms with Gasteiger partial charge in [0, 0.05) is 44.8 Å². The minimum Gasteiger partial charge on any atom is -0.378 e. The van der Waals surface area contributed by atoms with Gasteiger partial charge in [0.2, 0.25) is 0 Å². The number of hydrogen-bond donors (Lipinski definition) is 2. The molecule has 0 bridgehead atoms. The van der Waals surface area contributed by atoms with E-state index in [4.69, 9.17) is 9.47 Å². The van der Waals surface area contributed by atoms with Crippen molar-refractivity contribution in [3.63, 3.8) is 0 Å². The van der Waals surface area contributed by atoms with E-state index >= 15 is 0 Å². The van der Waals surface area contributed by atoms with Gasteiger partial charge >= 0.3 is 0 Å². The summed E-state index contributed by atoms with van der Waals surface area (Å²) in [7, 11) is 0. The van der Waals surface area contributed by atoms with Gasteiger partial charge < -0.3 is 20.1 Å². The van der Waals surface area contributed by atoms with Gasteiger partial charge in [0.1, 0.15) is 0 Å². The van der Waals surface area contributed by atoms with Crippen LogP contribution in [0.25, 0.3) is 0 Å². The molecule has 1 rings (SSSR count). The van der Waals surface area contributed by atoms with Crippen molar-refractivity contribution in [1.29, 1.82) is 0 Å². The predicted octanol–water partition coefficient (Wildman–Crippen LogP) is 1.34. The van der Waals surface area contributed by atoms with E-state index in [9.17, 15) is 0 Å². The Morgan fingerprint density at radius 1 is 1.05 bits per heavy atom. The number of hydrogen-bond acceptors (Lipinski definition) is 5. The average molecular weight is 316 g/mol. The van der Waals surface area contributed by atoms with Crippen LogP contribution in [-0.4, -0.2) is 76.1 Å². The number of nitrogens with one attached hydrogen (secondary N) is 2. The van der Waals surface area contributed by atoms with Gasteiger partial charge in [0.05, 0.1) is 26.4 Å². The van der Waals surface area contributed by atoms with Gasteiger partial charge in [-0.2, -0.15) is 0 Å². The van der Waals surface area contributed by atoms with Crippen molar-refractivity contribution in [2.24, 2.45) is 5.41 Å². The van der Waals surface area contributed by atoms with Gasteiger partial charge in [-0.1, -0.05) is 34.6 Å². The molecule has 0 aromatic heterocycles. The number of nitrogens with zero attached hydrogens (tertiary/aromatic N) is 1. The second-order valence-corrected chi connectivity index (χ2v) is 7.74. The molecule has 5 heteroatoms. The fourth-order valence-electron chi connectivity index (χ4n) is 2.45. The minimum atomic E-state index is 0.337. The van der Waals surface area contributed by atoms with Crippen LogP contribution in [0.3, 0.4) is 0 Å². The highest BCUT2D eigenvalue weighted by Gasteiger charge is 2.25. The zero-order valence-electron chi connectivity index (χ0n) is 15.3. The van der Waals surface area contributed by atoms with Crippen LogP contribution in [-0.2, 0) is 9.47 Å². The van der Waals surface area contributed by atoms with Crippen LogP contribution in [0.4, 0.5) is 0 Å². The Morgan fingerprint density at radius 3 is 2.27 bits per heavy atom. The van der Waals surface area contributed by atoms with Gasteiger partial charge in [-0.25, -0.2) is 0 Å². The lowest BCUT2D eigenvalue weighted by Crippen LogP contribution is -2.59. The fraction of sp³-hybridized carbons (Fsp3) is 1.00. The van der Waals surface area contributed by atoms with Crippen molar-refractivity contribution >= 4 is 0 Å². The molecule has 0 atom stereocenters. The molecular weight excluding hydrogens is 278 g/mol. The van der Waals surface area contributed by atoms with E-state index in [1.165, 1.54) is 0 Å². The maximum atomic E-state index is 5.61. The summed E-state index contributed by atoms with van der Waals surface area (Å²) >= 11 is 0. The van der Waals surface area contributed by atoms with Gasteiger partial charge in [-0.05, 0) is 5.41 Å². The molecule has 1 aliphatic rings. The molecule has 22 heavy (non-hydrogen) atoms. The van der Waals surface area contributed by atoms with Gasteiger partial charge in [0.25, 0.3) is 0 Å². The SMILES string of the molecule is CC(C)NC1CN(CCOCCOCCNCC(C)(C)C)C1. The van der Waals surface area contributed by atoms with Crippen LogP contribution in [0.1, 0.15) is 34.6 Å². The lowest BCUT2D eigenvalue weighted by atomic mass is 9.97. The maximum absolute atomic E-state index is 5.61. The van der Waals surface area contributed by atoms with E-state index in [0.29, 0.717) is 30.7 Å². The van der Waals surface area contributed by atoms with Crippen LogP contribution in [0.15, 0.2) is 0 Å². The van der Waals surface area contributed by atoms with Crippen LogP contribution >= 0.6 is 0 Å². The highest BCUT2D eigenvalue weighted by Crippen LogP contribution is 2.09. The molecule has 0 aromatic carbocycles. The molecule has 0 saturated carbocycles. The molecule has 1 aliphatic heterocycles. The zero-order chi connectivity index (χ0) is 16.4. The molecule has 0 amide bonds. The zero-order valence-corrected chi connectivity index (χ0v) is 15.3. The molecule has 0 unspecified atom stereocenters. The Balaban J connectivity index is 1.76. The molecule has 0 radical (unpaired) electrons. The standard InChI is InChI=1S/C17H37N3O2/c1-15(2)19-16-12-20(13-16)7-9-22-11-10-21-8-6-18-14-17(3,4)5/h15-16,18-19H,6-14H2,1-5H3. The van der Waals surface area contributed by atoms with Crippen molar-refractivity contribution in [2.75, 3.05) is 59.2 Å². The van der Waals surface area contributed by atoms with Crippen LogP contribution in [0, 0.1) is 5.41 Å². The highest BCUT2D eigenvalue weighted by atomic mass is 16.5. The first kappa shape index (κ1) is 19.8. The van der Waals surface area contributed by atoms with Crippen molar-refractivity contribution in [3.05, 3.63) is 0 Å². The number of likely N-dealkylation sites (tertiary alicyclic amines) is 1. The van der Waals surface area contributed by atoms with Crippen LogP contribution in [0.5, 0.6) is 0 Å². The van der Waals surface area contributed by atoms with Crippen molar-refractivity contribution in [1.82, 2.24) is 15.5 Å². The molecule has 5 nitrogen and oxygen atoms in total. The van der Waals surface area contributed by atoms with E-state index in [1.807, 2.05) is 0 Å². The highest BCUT2D eigenvalue weighted by molar-refractivity contribution is 4.86. The average Bonchev–Trinajstić information content (AvgIpc) is 2.35. The first-order valence-electron chi connectivity index (χ1n) is 8.71. The van der Waals surface area contributed by atoms with Crippen molar-refractivity contribution in [2.45, 2.75) is 46.7 Å². The molecular formula is C17H37N3O2. The third-order valence-electron chi connectivity index (χ3n) is 3.53. The molecule has 1 saturated heterocycles. The Morgan fingerprint density at radius 2 is 1.68 bits per heavy atom. The largest absolute Gasteiger partial charge is 0.378 e. The van der Waals surface area contributed by atoms with Gasteiger partial charge in [-0.15, -0.1) is 0 Å². The third kappa shape index (κ3) is 10.5. The van der Waals surface area contributed by atoms with E-state index in [0.717, 1.165) is 45.9 Å². The second kappa shape index (κ2) is 10.6. The Bertz CT molecular complexity index is 274. The van der Waals surface area contributed by atoms with E-state index in [2.05, 4.69) is 50.2 Å². The van der Waals surface area contributed by atoms with E-state index < -0.39 is 0 Å². The second-order valence-electron chi connectivity index (χ2n) is 7.74. The summed E-state index contributed by atoms with van der Waals surface area (Å²) < 4.78 is 11.2. The smallest absolute Gasteiger partial charge is 0.0701 e. The van der Waals surface area contributed by atoms with Gasteiger partial charge in [-0.3, -0.25) is 4.90 Å². The summed E-state index contributed by atoms with van der Waals surface area (Å²) in [6, 6.07) is 1.25. The van der Waals surface area contributed by atoms with Crippen LogP contribution in [0.2, 0.25) is 0 Å². The van der Waals surface area contributed by atoms with Gasteiger partial charge in [0.15, 0.2) is 0 Å². The summed E-state index contributed by atoms with van der Waals surface area (Å²) in [5, 5.41) is 6.94. The Labute approximate surface area is 137 Å². The van der Waals surface area contributed by atoms with Crippen LogP contribution < -0.4 is 10.6 Å². The lowest BCUT2D eigenvalue weighted by molar-refractivity contribution is 0.0247. The van der Waals surface area contributed by atoms with E-state index in [1.54, 1.807) is 0 Å². The molecule has 1 heterocycles. The molecule has 2 N–H and O–H groups in total. The fourth-order valence-corrected chi connectivity index (χ4v) is 2.45. The topological polar surface area (TPSA) is 45.8 Å². The summed E-state index contributed by atoms with van der Waals surface area (Å²) in [4.78, 5) is 2.43. The Hall–Kier alpha value is -0.200. The first-order valence-corrected chi connectivity index (χ1v) is 8.71. The van der Waals surface area contributed by atoms with Crippen molar-refractivity contribution < 1.29 is 9.47 Å². The lowest BCUT2D eigenvalue weighted by Gasteiger charge is -2.40. The quantitative estimate of drug-likeness (QED) is 0.532. The van der Waals surface area contributed by atoms with Crippen molar-refractivity contribution in [3.8, 4) is 0 Å². The number of rotatable bonds is 12. The minimum absolute atomic E-state index is 0.337. The number of ether oxygens (including phenoxy) is 2. The molecule has 1 fully saturated rings. The Kier molecular flexibility index (Phi) is 9.52. The maximum Gasteiger partial charge on any atom is 0.0701 e. The van der Waals surface area contributed by atoms with E-state index in [-0.39, 0.29) is 0 Å². The summed E-state index contributed by atoms with van der Waals surface area (Å²) in [5.74, 6) is 0. The predicted molar refractivity (Wildman–Crippen MR) is 92.5 cm³/mol. The monoisotopic (exact) mass is 315 g/mol. The first-order chi connectivity index (χ1) is 10.4. The molecule has 132 valence electrons. The normalized spacial score (nSPS) is 17.2. The molecule has 0 aromatic rings. The third-order valence-corrected chi connectivity index (χ3v) is 3.53. The summed E-state index contributed by atoms with van der Waals surface area (Å²) in [6.07, 6.45) is 0. The molecule has 0 spiro atoms. The molecule has 0 aliphatic carbocycles. The summed E-state index contributed by atoms with van der Waals surface area (Å²) in [5.41, 5.74) is 0.337. The summed E-state index contributed by atoms with van der Waals surface area (Å²) in [6.45, 7) is 19.3.